The SMILES string of the molecule is COC(=O)CCCCCCCN=C(N)Nc1cccc(C(C)C)c1. The molecule has 0 bridgehead atoms. The van der Waals surface area contributed by atoms with Gasteiger partial charge in [-0.2, -0.15) is 0 Å². The molecule has 0 heterocycles. The van der Waals surface area contributed by atoms with E-state index in [1.165, 1.54) is 12.7 Å². The molecule has 5 heteroatoms. The number of ether oxygens (including phenoxy) is 1. The van der Waals surface area contributed by atoms with Gasteiger partial charge < -0.3 is 15.8 Å². The number of rotatable bonds is 10. The van der Waals surface area contributed by atoms with Gasteiger partial charge in [0.15, 0.2) is 5.96 Å². The van der Waals surface area contributed by atoms with Crippen LogP contribution in [-0.2, 0) is 9.53 Å². The predicted molar refractivity (Wildman–Crippen MR) is 100 cm³/mol. The van der Waals surface area contributed by atoms with Crippen LogP contribution in [-0.4, -0.2) is 25.6 Å². The molecule has 0 amide bonds. The lowest BCUT2D eigenvalue weighted by atomic mass is 10.0. The number of methoxy groups -OCH3 is 1. The summed E-state index contributed by atoms with van der Waals surface area (Å²) in [5.74, 6) is 0.825. The molecular weight excluding hydrogens is 302 g/mol. The standard InChI is InChI=1S/C19H31N3O2/c1-15(2)16-10-9-11-17(14-16)22-19(20)21-13-8-6-4-5-7-12-18(23)24-3/h9-11,14-15H,4-8,12-13H2,1-3H3,(H3,20,21,22). The number of hydrogen-bond donors (Lipinski definition) is 2. The third kappa shape index (κ3) is 8.56. The van der Waals surface area contributed by atoms with E-state index < -0.39 is 0 Å². The summed E-state index contributed by atoms with van der Waals surface area (Å²) >= 11 is 0. The van der Waals surface area contributed by atoms with Crippen LogP contribution in [0.15, 0.2) is 29.3 Å². The van der Waals surface area contributed by atoms with Gasteiger partial charge in [-0.15, -0.1) is 0 Å². The van der Waals surface area contributed by atoms with Crippen molar-refractivity contribution in [2.45, 2.75) is 58.3 Å². The van der Waals surface area contributed by atoms with Gasteiger partial charge in [-0.05, 0) is 36.5 Å². The van der Waals surface area contributed by atoms with Crippen LogP contribution in [0.3, 0.4) is 0 Å². The highest BCUT2D eigenvalue weighted by Gasteiger charge is 2.01. The number of carbonyl (C=O) groups is 1. The summed E-state index contributed by atoms with van der Waals surface area (Å²) < 4.78 is 4.61. The molecule has 0 spiro atoms. The van der Waals surface area contributed by atoms with Gasteiger partial charge in [0.05, 0.1) is 7.11 Å². The topological polar surface area (TPSA) is 76.7 Å². The lowest BCUT2D eigenvalue weighted by Crippen LogP contribution is -2.22. The van der Waals surface area contributed by atoms with E-state index in [-0.39, 0.29) is 5.97 Å². The van der Waals surface area contributed by atoms with Crippen molar-refractivity contribution in [1.82, 2.24) is 0 Å². The summed E-state index contributed by atoms with van der Waals surface area (Å²) in [4.78, 5) is 15.3. The molecule has 0 aliphatic heterocycles. The van der Waals surface area contributed by atoms with Crippen LogP contribution in [0, 0.1) is 0 Å². The Kier molecular flexibility index (Phi) is 9.58. The van der Waals surface area contributed by atoms with Gasteiger partial charge in [0, 0.05) is 18.7 Å². The van der Waals surface area contributed by atoms with Gasteiger partial charge >= 0.3 is 5.97 Å². The lowest BCUT2D eigenvalue weighted by molar-refractivity contribution is -0.140. The number of nitrogens with one attached hydrogen (secondary N) is 1. The Morgan fingerprint density at radius 1 is 1.21 bits per heavy atom. The third-order valence-electron chi connectivity index (χ3n) is 3.87. The minimum atomic E-state index is -0.125. The third-order valence-corrected chi connectivity index (χ3v) is 3.87. The van der Waals surface area contributed by atoms with E-state index in [1.54, 1.807) is 0 Å². The smallest absolute Gasteiger partial charge is 0.305 e. The average molecular weight is 333 g/mol. The van der Waals surface area contributed by atoms with E-state index in [0.29, 0.717) is 18.3 Å². The summed E-state index contributed by atoms with van der Waals surface area (Å²) in [6.45, 7) is 5.06. The fourth-order valence-corrected chi connectivity index (χ4v) is 2.38. The van der Waals surface area contributed by atoms with Crippen molar-refractivity contribution in [3.05, 3.63) is 29.8 Å². The second-order valence-corrected chi connectivity index (χ2v) is 6.27. The number of esters is 1. The van der Waals surface area contributed by atoms with Crippen LogP contribution >= 0.6 is 0 Å². The first-order chi connectivity index (χ1) is 11.5. The second kappa shape index (κ2) is 11.5. The molecule has 5 nitrogen and oxygen atoms in total. The quantitative estimate of drug-likeness (QED) is 0.293. The summed E-state index contributed by atoms with van der Waals surface area (Å²) in [7, 11) is 1.43. The highest BCUT2D eigenvalue weighted by atomic mass is 16.5. The first-order valence-corrected chi connectivity index (χ1v) is 8.76. The maximum Gasteiger partial charge on any atom is 0.305 e. The molecule has 1 aromatic carbocycles. The van der Waals surface area contributed by atoms with Crippen LogP contribution in [0.5, 0.6) is 0 Å². The number of guanidine groups is 1. The zero-order valence-corrected chi connectivity index (χ0v) is 15.2. The van der Waals surface area contributed by atoms with Gasteiger partial charge in [0.1, 0.15) is 0 Å². The van der Waals surface area contributed by atoms with Crippen molar-refractivity contribution in [2.75, 3.05) is 19.0 Å². The minimum absolute atomic E-state index is 0.125. The fraction of sp³-hybridized carbons (Fsp3) is 0.579. The second-order valence-electron chi connectivity index (χ2n) is 6.27. The maximum atomic E-state index is 11.0. The molecule has 3 N–H and O–H groups in total. The lowest BCUT2D eigenvalue weighted by Gasteiger charge is -2.10. The maximum absolute atomic E-state index is 11.0. The van der Waals surface area contributed by atoms with Gasteiger partial charge in [0.25, 0.3) is 0 Å². The molecular formula is C19H31N3O2. The Labute approximate surface area is 145 Å². The minimum Gasteiger partial charge on any atom is -0.469 e. The van der Waals surface area contributed by atoms with Crippen LogP contribution in [0.4, 0.5) is 5.69 Å². The van der Waals surface area contributed by atoms with Crippen LogP contribution < -0.4 is 11.1 Å². The Bertz CT molecular complexity index is 527. The molecule has 0 aliphatic rings. The highest BCUT2D eigenvalue weighted by molar-refractivity contribution is 5.92. The summed E-state index contributed by atoms with van der Waals surface area (Å²) in [5, 5.41) is 3.14. The average Bonchev–Trinajstić information content (AvgIpc) is 2.57. The molecule has 1 rings (SSSR count). The monoisotopic (exact) mass is 333 g/mol. The van der Waals surface area contributed by atoms with Gasteiger partial charge in [-0.25, -0.2) is 0 Å². The number of carbonyl (C=O) groups excluding carboxylic acids is 1. The summed E-state index contributed by atoms with van der Waals surface area (Å²) in [6.07, 6.45) is 5.67. The molecule has 0 radical (unpaired) electrons. The molecule has 0 aromatic heterocycles. The molecule has 0 saturated carbocycles. The van der Waals surface area contributed by atoms with Gasteiger partial charge in [-0.1, -0.05) is 45.2 Å². The molecule has 0 aliphatic carbocycles. The van der Waals surface area contributed by atoms with E-state index in [9.17, 15) is 4.79 Å². The number of nitrogens with two attached hydrogens (primary N) is 1. The van der Waals surface area contributed by atoms with Gasteiger partial charge in [-0.3, -0.25) is 9.79 Å². The molecule has 0 atom stereocenters. The molecule has 0 saturated heterocycles. The fourth-order valence-electron chi connectivity index (χ4n) is 2.38. The Balaban J connectivity index is 2.19. The zero-order chi connectivity index (χ0) is 17.8. The number of aliphatic imine (C=N–C) groups is 1. The first kappa shape index (κ1) is 20.0. The Morgan fingerprint density at radius 3 is 2.62 bits per heavy atom. The summed E-state index contributed by atoms with van der Waals surface area (Å²) in [6, 6.07) is 8.24. The van der Waals surface area contributed by atoms with Crippen molar-refractivity contribution < 1.29 is 9.53 Å². The van der Waals surface area contributed by atoms with Crippen molar-refractivity contribution in [1.29, 1.82) is 0 Å². The number of unbranched alkanes of at least 4 members (excludes halogenated alkanes) is 4. The van der Waals surface area contributed by atoms with E-state index in [0.717, 1.165) is 44.3 Å². The normalized spacial score (nSPS) is 11.6. The van der Waals surface area contributed by atoms with Crippen molar-refractivity contribution >= 4 is 17.6 Å². The predicted octanol–water partition coefficient (Wildman–Crippen LogP) is 4.05. The van der Waals surface area contributed by atoms with E-state index in [2.05, 4.69) is 41.0 Å². The molecule has 24 heavy (non-hydrogen) atoms. The summed E-state index contributed by atoms with van der Waals surface area (Å²) in [5.41, 5.74) is 8.19. The highest BCUT2D eigenvalue weighted by Crippen LogP contribution is 2.18. The van der Waals surface area contributed by atoms with Crippen LogP contribution in [0.1, 0.15) is 63.9 Å². The van der Waals surface area contributed by atoms with E-state index in [4.69, 9.17) is 5.73 Å². The molecule has 1 aromatic rings. The Hall–Kier alpha value is -2.04. The number of hydrogen-bond acceptors (Lipinski definition) is 3. The molecule has 0 unspecified atom stereocenters. The number of anilines is 1. The van der Waals surface area contributed by atoms with E-state index >= 15 is 0 Å². The molecule has 0 fully saturated rings. The first-order valence-electron chi connectivity index (χ1n) is 8.76. The Morgan fingerprint density at radius 2 is 1.92 bits per heavy atom. The number of benzene rings is 1. The number of nitrogens with zero attached hydrogens (tertiary/aromatic N) is 1. The zero-order valence-electron chi connectivity index (χ0n) is 15.2. The van der Waals surface area contributed by atoms with Crippen molar-refractivity contribution in [3.8, 4) is 0 Å². The molecule has 134 valence electrons. The van der Waals surface area contributed by atoms with E-state index in [1.807, 2.05) is 12.1 Å². The van der Waals surface area contributed by atoms with Gasteiger partial charge in [0.2, 0.25) is 0 Å². The van der Waals surface area contributed by atoms with Crippen LogP contribution in [0.2, 0.25) is 0 Å². The largest absolute Gasteiger partial charge is 0.469 e. The van der Waals surface area contributed by atoms with Crippen molar-refractivity contribution in [2.24, 2.45) is 10.7 Å². The van der Waals surface area contributed by atoms with Crippen molar-refractivity contribution in [3.63, 3.8) is 0 Å². The van der Waals surface area contributed by atoms with Crippen LogP contribution in [0.25, 0.3) is 0 Å².